The molecule has 0 aliphatic rings. The topological polar surface area (TPSA) is 55.8 Å². The summed E-state index contributed by atoms with van der Waals surface area (Å²) in [6.45, 7) is 1.95. The van der Waals surface area contributed by atoms with Crippen LogP contribution in [0.2, 0.25) is 0 Å². The van der Waals surface area contributed by atoms with Crippen molar-refractivity contribution in [1.82, 2.24) is 0 Å². The molecule has 0 aliphatic heterocycles. The van der Waals surface area contributed by atoms with Crippen LogP contribution in [0.25, 0.3) is 0 Å². The summed E-state index contributed by atoms with van der Waals surface area (Å²) in [5.41, 5.74) is 2.07. The van der Waals surface area contributed by atoms with Gasteiger partial charge in [-0.1, -0.05) is 6.07 Å². The summed E-state index contributed by atoms with van der Waals surface area (Å²) >= 11 is 0. The SMILES string of the molecule is COc1cc(CCCC(=O)O)cc(C)c1OC. The smallest absolute Gasteiger partial charge is 0.303 e. The summed E-state index contributed by atoms with van der Waals surface area (Å²) < 4.78 is 10.5. The Labute approximate surface area is 101 Å². The third-order valence-corrected chi connectivity index (χ3v) is 2.58. The van der Waals surface area contributed by atoms with Crippen LogP contribution < -0.4 is 9.47 Å². The monoisotopic (exact) mass is 238 g/mol. The second-order valence-electron chi connectivity index (χ2n) is 3.90. The molecule has 0 saturated carbocycles. The van der Waals surface area contributed by atoms with E-state index in [1.165, 1.54) is 0 Å². The molecular weight excluding hydrogens is 220 g/mol. The van der Waals surface area contributed by atoms with Crippen molar-refractivity contribution in [2.75, 3.05) is 14.2 Å². The third kappa shape index (κ3) is 3.66. The predicted octanol–water partition coefficient (Wildman–Crippen LogP) is 2.42. The van der Waals surface area contributed by atoms with E-state index in [2.05, 4.69) is 0 Å². The lowest BCUT2D eigenvalue weighted by Crippen LogP contribution is -1.98. The van der Waals surface area contributed by atoms with Crippen LogP contribution in [0.4, 0.5) is 0 Å². The number of hydrogen-bond donors (Lipinski definition) is 1. The highest BCUT2D eigenvalue weighted by molar-refractivity contribution is 5.66. The highest BCUT2D eigenvalue weighted by atomic mass is 16.5. The second kappa shape index (κ2) is 6.13. The van der Waals surface area contributed by atoms with Crippen LogP contribution in [-0.4, -0.2) is 25.3 Å². The highest BCUT2D eigenvalue weighted by Gasteiger charge is 2.09. The van der Waals surface area contributed by atoms with Crippen molar-refractivity contribution in [3.05, 3.63) is 23.3 Å². The summed E-state index contributed by atoms with van der Waals surface area (Å²) in [4.78, 5) is 10.4. The van der Waals surface area contributed by atoms with Gasteiger partial charge in [0.05, 0.1) is 14.2 Å². The van der Waals surface area contributed by atoms with E-state index in [4.69, 9.17) is 14.6 Å². The van der Waals surface area contributed by atoms with Gasteiger partial charge in [0, 0.05) is 6.42 Å². The third-order valence-electron chi connectivity index (χ3n) is 2.58. The Bertz CT molecular complexity index is 399. The summed E-state index contributed by atoms with van der Waals surface area (Å²) in [6, 6.07) is 3.90. The predicted molar refractivity (Wildman–Crippen MR) is 64.9 cm³/mol. The molecule has 1 N–H and O–H groups in total. The van der Waals surface area contributed by atoms with Crippen molar-refractivity contribution in [3.8, 4) is 11.5 Å². The molecule has 1 rings (SSSR count). The number of carbonyl (C=O) groups is 1. The molecule has 0 bridgehead atoms. The molecule has 4 heteroatoms. The summed E-state index contributed by atoms with van der Waals surface area (Å²) in [6.07, 6.45) is 1.55. The largest absolute Gasteiger partial charge is 0.493 e. The number of methoxy groups -OCH3 is 2. The van der Waals surface area contributed by atoms with E-state index in [1.807, 2.05) is 19.1 Å². The molecule has 0 atom stereocenters. The minimum atomic E-state index is -0.762. The molecule has 0 saturated heterocycles. The maximum Gasteiger partial charge on any atom is 0.303 e. The fourth-order valence-corrected chi connectivity index (χ4v) is 1.81. The van der Waals surface area contributed by atoms with Crippen LogP contribution in [0.5, 0.6) is 11.5 Å². The summed E-state index contributed by atoms with van der Waals surface area (Å²) in [5, 5.41) is 8.58. The van der Waals surface area contributed by atoms with Gasteiger partial charge >= 0.3 is 5.97 Å². The molecule has 0 aliphatic carbocycles. The van der Waals surface area contributed by atoms with E-state index >= 15 is 0 Å². The van der Waals surface area contributed by atoms with Gasteiger partial charge in [-0.3, -0.25) is 4.79 Å². The van der Waals surface area contributed by atoms with Gasteiger partial charge in [-0.2, -0.15) is 0 Å². The number of aliphatic carboxylic acids is 1. The molecular formula is C13H18O4. The molecule has 1 aromatic carbocycles. The first-order valence-corrected chi connectivity index (χ1v) is 5.51. The standard InChI is InChI=1S/C13H18O4/c1-9-7-10(5-4-6-12(14)15)8-11(16-2)13(9)17-3/h7-8H,4-6H2,1-3H3,(H,14,15). The molecule has 0 fully saturated rings. The average molecular weight is 238 g/mol. The Morgan fingerprint density at radius 3 is 2.53 bits per heavy atom. The summed E-state index contributed by atoms with van der Waals surface area (Å²) in [7, 11) is 3.20. The molecule has 1 aromatic rings. The minimum absolute atomic E-state index is 0.188. The second-order valence-corrected chi connectivity index (χ2v) is 3.90. The van der Waals surface area contributed by atoms with Gasteiger partial charge in [0.1, 0.15) is 0 Å². The fourth-order valence-electron chi connectivity index (χ4n) is 1.81. The van der Waals surface area contributed by atoms with Crippen LogP contribution in [0, 0.1) is 6.92 Å². The lowest BCUT2D eigenvalue weighted by atomic mass is 10.0. The number of benzene rings is 1. The van der Waals surface area contributed by atoms with Crippen molar-refractivity contribution in [2.45, 2.75) is 26.2 Å². The lowest BCUT2D eigenvalue weighted by molar-refractivity contribution is -0.137. The molecule has 94 valence electrons. The lowest BCUT2D eigenvalue weighted by Gasteiger charge is -2.12. The van der Waals surface area contributed by atoms with Crippen LogP contribution >= 0.6 is 0 Å². The Kier molecular flexibility index (Phi) is 4.82. The molecule has 0 radical (unpaired) electrons. The number of hydrogen-bond acceptors (Lipinski definition) is 3. The van der Waals surface area contributed by atoms with Gasteiger partial charge in [0.15, 0.2) is 11.5 Å². The van der Waals surface area contributed by atoms with Crippen LogP contribution in [0.1, 0.15) is 24.0 Å². The van der Waals surface area contributed by atoms with E-state index in [9.17, 15) is 4.79 Å². The number of ether oxygens (including phenoxy) is 2. The van der Waals surface area contributed by atoms with Gasteiger partial charge in [0.2, 0.25) is 0 Å². The molecule has 0 amide bonds. The maximum absolute atomic E-state index is 10.4. The normalized spacial score (nSPS) is 10.1. The first-order valence-electron chi connectivity index (χ1n) is 5.51. The number of aryl methyl sites for hydroxylation is 2. The molecule has 17 heavy (non-hydrogen) atoms. The first kappa shape index (κ1) is 13.4. The molecule has 0 spiro atoms. The van der Waals surface area contributed by atoms with Crippen molar-refractivity contribution < 1.29 is 19.4 Å². The first-order chi connectivity index (χ1) is 8.08. The van der Waals surface area contributed by atoms with Crippen molar-refractivity contribution in [2.24, 2.45) is 0 Å². The Hall–Kier alpha value is -1.71. The van der Waals surface area contributed by atoms with Gasteiger partial charge in [-0.05, 0) is 37.0 Å². The molecule has 0 unspecified atom stereocenters. The maximum atomic E-state index is 10.4. The molecule has 0 aromatic heterocycles. The van der Waals surface area contributed by atoms with Crippen molar-refractivity contribution in [1.29, 1.82) is 0 Å². The number of rotatable bonds is 6. The van der Waals surface area contributed by atoms with E-state index in [1.54, 1.807) is 14.2 Å². The zero-order valence-electron chi connectivity index (χ0n) is 10.4. The fraction of sp³-hybridized carbons (Fsp3) is 0.462. The Morgan fingerprint density at radius 1 is 1.29 bits per heavy atom. The van der Waals surface area contributed by atoms with Gasteiger partial charge < -0.3 is 14.6 Å². The van der Waals surface area contributed by atoms with Crippen molar-refractivity contribution >= 4 is 5.97 Å². The Balaban J connectivity index is 2.80. The van der Waals surface area contributed by atoms with E-state index in [0.717, 1.165) is 23.3 Å². The highest BCUT2D eigenvalue weighted by Crippen LogP contribution is 2.32. The van der Waals surface area contributed by atoms with E-state index in [-0.39, 0.29) is 6.42 Å². The number of carboxylic acids is 1. The van der Waals surface area contributed by atoms with Crippen LogP contribution in [0.3, 0.4) is 0 Å². The molecule has 0 heterocycles. The van der Waals surface area contributed by atoms with E-state index in [0.29, 0.717) is 12.2 Å². The van der Waals surface area contributed by atoms with E-state index < -0.39 is 5.97 Å². The average Bonchev–Trinajstić information content (AvgIpc) is 2.27. The van der Waals surface area contributed by atoms with Gasteiger partial charge in [-0.15, -0.1) is 0 Å². The summed E-state index contributed by atoms with van der Waals surface area (Å²) in [5.74, 6) is 0.662. The van der Waals surface area contributed by atoms with Crippen LogP contribution in [-0.2, 0) is 11.2 Å². The van der Waals surface area contributed by atoms with Gasteiger partial charge in [-0.25, -0.2) is 0 Å². The molecule has 4 nitrogen and oxygen atoms in total. The quantitative estimate of drug-likeness (QED) is 0.827. The zero-order chi connectivity index (χ0) is 12.8. The minimum Gasteiger partial charge on any atom is -0.493 e. The number of carboxylic acid groups (broad SMARTS) is 1. The van der Waals surface area contributed by atoms with Crippen LogP contribution in [0.15, 0.2) is 12.1 Å². The Morgan fingerprint density at radius 2 is 2.00 bits per heavy atom. The zero-order valence-corrected chi connectivity index (χ0v) is 10.4. The van der Waals surface area contributed by atoms with Gasteiger partial charge in [0.25, 0.3) is 0 Å². The van der Waals surface area contributed by atoms with Crippen molar-refractivity contribution in [3.63, 3.8) is 0 Å².